The summed E-state index contributed by atoms with van der Waals surface area (Å²) in [4.78, 5) is 4.70. The van der Waals surface area contributed by atoms with Crippen LogP contribution in [0.25, 0.3) is 11.0 Å². The lowest BCUT2D eigenvalue weighted by molar-refractivity contribution is 0.495. The van der Waals surface area contributed by atoms with Crippen LogP contribution in [0.5, 0.6) is 0 Å². The Morgan fingerprint density at radius 2 is 2.21 bits per heavy atom. The molecule has 0 aliphatic heterocycles. The van der Waals surface area contributed by atoms with Gasteiger partial charge < -0.3 is 4.57 Å². The van der Waals surface area contributed by atoms with Gasteiger partial charge in [0.1, 0.15) is 5.82 Å². The van der Waals surface area contributed by atoms with E-state index in [4.69, 9.17) is 16.6 Å². The van der Waals surface area contributed by atoms with E-state index in [2.05, 4.69) is 52.5 Å². The smallest absolute Gasteiger partial charge is 0.127 e. The van der Waals surface area contributed by atoms with Gasteiger partial charge in [0.05, 0.1) is 16.4 Å². The zero-order valence-electron chi connectivity index (χ0n) is 11.5. The van der Waals surface area contributed by atoms with Gasteiger partial charge in [-0.2, -0.15) is 0 Å². The minimum absolute atomic E-state index is 0.0620. The van der Waals surface area contributed by atoms with E-state index in [0.29, 0.717) is 5.41 Å². The third-order valence-corrected chi connectivity index (χ3v) is 4.90. The van der Waals surface area contributed by atoms with Crippen molar-refractivity contribution >= 4 is 38.6 Å². The molecule has 1 fully saturated rings. The molecule has 2 aromatic rings. The molecule has 1 aromatic heterocycles. The zero-order valence-corrected chi connectivity index (χ0v) is 13.8. The molecule has 0 radical (unpaired) electrons. The zero-order chi connectivity index (χ0) is 13.8. The van der Waals surface area contributed by atoms with Crippen LogP contribution in [0.1, 0.15) is 38.4 Å². The molecule has 1 aliphatic carbocycles. The van der Waals surface area contributed by atoms with E-state index in [-0.39, 0.29) is 5.38 Å². The molecule has 1 aliphatic rings. The summed E-state index contributed by atoms with van der Waals surface area (Å²) in [6, 6.07) is 6.26. The maximum atomic E-state index is 6.30. The lowest BCUT2D eigenvalue weighted by Gasteiger charge is -2.11. The number of imidazole rings is 1. The summed E-state index contributed by atoms with van der Waals surface area (Å²) in [6.45, 7) is 7.68. The highest BCUT2D eigenvalue weighted by Crippen LogP contribution is 2.53. The summed E-state index contributed by atoms with van der Waals surface area (Å²) in [5, 5.41) is -0.0620. The number of hydrogen-bond donors (Lipinski definition) is 0. The minimum atomic E-state index is -0.0620. The first-order chi connectivity index (χ1) is 8.88. The van der Waals surface area contributed by atoms with Crippen molar-refractivity contribution in [2.24, 2.45) is 11.3 Å². The average Bonchev–Trinajstić information content (AvgIpc) is 2.77. The number of nitrogens with zero attached hydrogens (tertiary/aromatic N) is 2. The molecule has 0 amide bonds. The summed E-state index contributed by atoms with van der Waals surface area (Å²) in [5.41, 5.74) is 2.68. The molecule has 2 atom stereocenters. The Morgan fingerprint density at radius 3 is 2.79 bits per heavy atom. The number of fused-ring (bicyclic) bond motifs is 1. The molecule has 19 heavy (non-hydrogen) atoms. The van der Waals surface area contributed by atoms with Crippen molar-refractivity contribution in [3.05, 3.63) is 28.5 Å². The van der Waals surface area contributed by atoms with Gasteiger partial charge in [0, 0.05) is 11.0 Å². The predicted molar refractivity (Wildman–Crippen MR) is 83.6 cm³/mol. The van der Waals surface area contributed by atoms with Crippen molar-refractivity contribution in [2.45, 2.75) is 39.1 Å². The van der Waals surface area contributed by atoms with Crippen molar-refractivity contribution < 1.29 is 0 Å². The first-order valence-corrected chi connectivity index (χ1v) is 7.91. The van der Waals surface area contributed by atoms with Gasteiger partial charge in [-0.15, -0.1) is 11.6 Å². The van der Waals surface area contributed by atoms with E-state index in [0.717, 1.165) is 28.3 Å². The number of halogens is 2. The first kappa shape index (κ1) is 13.4. The van der Waals surface area contributed by atoms with Crippen molar-refractivity contribution in [3.63, 3.8) is 0 Å². The Bertz CT molecular complexity index is 630. The lowest BCUT2D eigenvalue weighted by Crippen LogP contribution is -2.08. The molecule has 0 N–H and O–H groups in total. The normalized spacial score (nSPS) is 22.7. The summed E-state index contributed by atoms with van der Waals surface area (Å²) >= 11 is 9.80. The highest BCUT2D eigenvalue weighted by molar-refractivity contribution is 9.10. The SMILES string of the molecule is CC(Cl)c1nc2cc(Br)ccc2n1CC1CC1(C)C. The van der Waals surface area contributed by atoms with Crippen molar-refractivity contribution in [1.29, 1.82) is 0 Å². The molecular formula is C15H18BrClN2. The van der Waals surface area contributed by atoms with Gasteiger partial charge in [0.2, 0.25) is 0 Å². The second-order valence-corrected chi connectivity index (χ2v) is 7.79. The molecular weight excluding hydrogens is 324 g/mol. The summed E-state index contributed by atoms with van der Waals surface area (Å²) in [6.07, 6.45) is 1.29. The fourth-order valence-electron chi connectivity index (χ4n) is 2.73. The van der Waals surface area contributed by atoms with Crippen molar-refractivity contribution in [3.8, 4) is 0 Å². The van der Waals surface area contributed by atoms with Crippen LogP contribution in [-0.2, 0) is 6.54 Å². The highest BCUT2D eigenvalue weighted by atomic mass is 79.9. The molecule has 4 heteroatoms. The Labute approximate surface area is 127 Å². The van der Waals surface area contributed by atoms with Crippen LogP contribution in [0.15, 0.2) is 22.7 Å². The average molecular weight is 342 g/mol. The molecule has 1 heterocycles. The summed E-state index contributed by atoms with van der Waals surface area (Å²) < 4.78 is 3.36. The third-order valence-electron chi connectivity index (χ3n) is 4.22. The maximum Gasteiger partial charge on any atom is 0.127 e. The molecule has 2 nitrogen and oxygen atoms in total. The van der Waals surface area contributed by atoms with Gasteiger partial charge in [-0.25, -0.2) is 4.98 Å². The Morgan fingerprint density at radius 1 is 1.53 bits per heavy atom. The molecule has 102 valence electrons. The number of benzene rings is 1. The fraction of sp³-hybridized carbons (Fsp3) is 0.533. The Hall–Kier alpha value is -0.540. The van der Waals surface area contributed by atoms with E-state index in [9.17, 15) is 0 Å². The van der Waals surface area contributed by atoms with Gasteiger partial charge >= 0.3 is 0 Å². The fourth-order valence-corrected chi connectivity index (χ4v) is 3.24. The lowest BCUT2D eigenvalue weighted by atomic mass is 10.1. The van der Waals surface area contributed by atoms with Crippen LogP contribution >= 0.6 is 27.5 Å². The number of alkyl halides is 1. The van der Waals surface area contributed by atoms with Gasteiger partial charge in [-0.1, -0.05) is 29.8 Å². The Kier molecular flexibility index (Phi) is 3.18. The topological polar surface area (TPSA) is 17.8 Å². The van der Waals surface area contributed by atoms with E-state index in [1.165, 1.54) is 11.9 Å². The van der Waals surface area contributed by atoms with Crippen LogP contribution in [0, 0.1) is 11.3 Å². The second kappa shape index (κ2) is 4.49. The van der Waals surface area contributed by atoms with Gasteiger partial charge in [-0.05, 0) is 42.9 Å². The second-order valence-electron chi connectivity index (χ2n) is 6.22. The highest BCUT2D eigenvalue weighted by Gasteiger charge is 2.45. The van der Waals surface area contributed by atoms with Crippen LogP contribution in [0.4, 0.5) is 0 Å². The quantitative estimate of drug-likeness (QED) is 0.706. The van der Waals surface area contributed by atoms with E-state index in [1.807, 2.05) is 6.92 Å². The molecule has 0 saturated heterocycles. The van der Waals surface area contributed by atoms with Crippen molar-refractivity contribution in [1.82, 2.24) is 9.55 Å². The molecule has 2 unspecified atom stereocenters. The molecule has 1 saturated carbocycles. The standard InChI is InChI=1S/C15H18BrClN2/c1-9(17)14-18-12-6-11(16)4-5-13(12)19(14)8-10-7-15(10,2)3/h4-6,9-10H,7-8H2,1-3H3. The third kappa shape index (κ3) is 2.43. The first-order valence-electron chi connectivity index (χ1n) is 6.68. The summed E-state index contributed by atoms with van der Waals surface area (Å²) in [5.74, 6) is 1.72. The monoisotopic (exact) mass is 340 g/mol. The molecule has 1 aromatic carbocycles. The number of aromatic nitrogens is 2. The van der Waals surface area contributed by atoms with Gasteiger partial charge in [0.15, 0.2) is 0 Å². The van der Waals surface area contributed by atoms with Crippen LogP contribution in [0.3, 0.4) is 0 Å². The Balaban J connectivity index is 2.07. The van der Waals surface area contributed by atoms with Crippen molar-refractivity contribution in [2.75, 3.05) is 0 Å². The predicted octanol–water partition coefficient (Wildman–Crippen LogP) is 5.14. The largest absolute Gasteiger partial charge is 0.326 e. The van der Waals surface area contributed by atoms with Crippen LogP contribution in [0.2, 0.25) is 0 Å². The van der Waals surface area contributed by atoms with Gasteiger partial charge in [0.25, 0.3) is 0 Å². The number of hydrogen-bond acceptors (Lipinski definition) is 1. The summed E-state index contributed by atoms with van der Waals surface area (Å²) in [7, 11) is 0. The van der Waals surface area contributed by atoms with Gasteiger partial charge in [-0.3, -0.25) is 0 Å². The molecule has 0 spiro atoms. The molecule has 3 rings (SSSR count). The van der Waals surface area contributed by atoms with E-state index in [1.54, 1.807) is 0 Å². The van der Waals surface area contributed by atoms with Crippen LogP contribution < -0.4 is 0 Å². The molecule has 0 bridgehead atoms. The van der Waals surface area contributed by atoms with E-state index < -0.39 is 0 Å². The number of rotatable bonds is 3. The maximum absolute atomic E-state index is 6.30. The van der Waals surface area contributed by atoms with E-state index >= 15 is 0 Å². The minimum Gasteiger partial charge on any atom is -0.326 e. The van der Waals surface area contributed by atoms with Crippen LogP contribution in [-0.4, -0.2) is 9.55 Å².